The molecule has 0 aliphatic carbocycles. The lowest BCUT2D eigenvalue weighted by atomic mass is 10.4. The van der Waals surface area contributed by atoms with Crippen LogP contribution in [0.5, 0.6) is 0 Å². The minimum atomic E-state index is -0.0876. The van der Waals surface area contributed by atoms with E-state index in [9.17, 15) is 4.79 Å². The Kier molecular flexibility index (Phi) is 2.99. The summed E-state index contributed by atoms with van der Waals surface area (Å²) in [6.07, 6.45) is 0. The first-order valence-corrected chi connectivity index (χ1v) is 4.00. The zero-order valence-corrected chi connectivity index (χ0v) is 7.35. The molecule has 1 aromatic rings. The molecule has 0 saturated heterocycles. The van der Waals surface area contributed by atoms with Gasteiger partial charge in [0.05, 0.1) is 6.54 Å². The van der Waals surface area contributed by atoms with E-state index in [1.165, 1.54) is 6.07 Å². The number of aromatic amines is 1. The molecule has 0 atom stereocenters. The monoisotopic (exact) mass is 167 g/mol. The van der Waals surface area contributed by atoms with Gasteiger partial charge >= 0.3 is 0 Å². The quantitative estimate of drug-likeness (QED) is 0.675. The minimum absolute atomic E-state index is 0.0876. The molecular weight excluding hydrogens is 154 g/mol. The minimum Gasteiger partial charge on any atom is -0.310 e. The smallest absolute Gasteiger partial charge is 0.251 e. The molecule has 66 valence electrons. The van der Waals surface area contributed by atoms with Crippen LogP contribution in [0.25, 0.3) is 0 Å². The predicted molar refractivity (Wildman–Crippen MR) is 47.0 cm³/mol. The highest BCUT2D eigenvalue weighted by molar-refractivity contribution is 4.99. The number of hydrogen-bond donors (Lipinski definition) is 2. The third-order valence-corrected chi connectivity index (χ3v) is 1.46. The number of aryl methyl sites for hydroxylation is 1. The first-order chi connectivity index (χ1) is 5.72. The molecule has 0 fully saturated rings. The maximum absolute atomic E-state index is 11.0. The summed E-state index contributed by atoms with van der Waals surface area (Å²) in [5.74, 6) is 0.696. The summed E-state index contributed by atoms with van der Waals surface area (Å²) >= 11 is 0. The van der Waals surface area contributed by atoms with Gasteiger partial charge in [-0.15, -0.1) is 0 Å². The SMILES string of the molecule is CCNCc1nc(C)cc(=O)[nH]1. The Morgan fingerprint density at radius 2 is 2.42 bits per heavy atom. The summed E-state index contributed by atoms with van der Waals surface area (Å²) in [5.41, 5.74) is 0.669. The van der Waals surface area contributed by atoms with Crippen molar-refractivity contribution in [3.63, 3.8) is 0 Å². The molecule has 12 heavy (non-hydrogen) atoms. The second kappa shape index (κ2) is 4.01. The van der Waals surface area contributed by atoms with Gasteiger partial charge in [0.25, 0.3) is 5.56 Å². The molecule has 1 rings (SSSR count). The first-order valence-electron chi connectivity index (χ1n) is 4.00. The predicted octanol–water partition coefficient (Wildman–Crippen LogP) is 0.188. The lowest BCUT2D eigenvalue weighted by Gasteiger charge is -2.00. The Balaban J connectivity index is 2.79. The Morgan fingerprint density at radius 1 is 1.67 bits per heavy atom. The number of H-pyrrole nitrogens is 1. The van der Waals surface area contributed by atoms with Crippen LogP contribution in [-0.2, 0) is 6.54 Å². The van der Waals surface area contributed by atoms with Gasteiger partial charge in [0.1, 0.15) is 5.82 Å². The highest BCUT2D eigenvalue weighted by Crippen LogP contribution is 1.88. The second-order valence-electron chi connectivity index (χ2n) is 2.61. The fourth-order valence-corrected chi connectivity index (χ4v) is 0.968. The molecule has 0 aliphatic rings. The molecule has 0 spiro atoms. The van der Waals surface area contributed by atoms with Crippen molar-refractivity contribution in [1.82, 2.24) is 15.3 Å². The molecule has 1 aromatic heterocycles. The summed E-state index contributed by atoms with van der Waals surface area (Å²) < 4.78 is 0. The zero-order valence-electron chi connectivity index (χ0n) is 7.35. The lowest BCUT2D eigenvalue weighted by Crippen LogP contribution is -2.19. The van der Waals surface area contributed by atoms with Crippen LogP contribution >= 0.6 is 0 Å². The van der Waals surface area contributed by atoms with Crippen molar-refractivity contribution in [2.75, 3.05) is 6.54 Å². The molecule has 2 N–H and O–H groups in total. The fraction of sp³-hybridized carbons (Fsp3) is 0.500. The van der Waals surface area contributed by atoms with Crippen LogP contribution in [0.3, 0.4) is 0 Å². The van der Waals surface area contributed by atoms with Crippen molar-refractivity contribution in [2.45, 2.75) is 20.4 Å². The number of hydrogen-bond acceptors (Lipinski definition) is 3. The average Bonchev–Trinajstić information content (AvgIpc) is 1.99. The normalized spacial score (nSPS) is 10.2. The van der Waals surface area contributed by atoms with Gasteiger partial charge in [-0.25, -0.2) is 4.98 Å². The number of nitrogens with zero attached hydrogens (tertiary/aromatic N) is 1. The van der Waals surface area contributed by atoms with Gasteiger partial charge in [-0.05, 0) is 13.5 Å². The third kappa shape index (κ3) is 2.47. The van der Waals surface area contributed by atoms with E-state index in [0.29, 0.717) is 12.4 Å². The van der Waals surface area contributed by atoms with Crippen LogP contribution in [-0.4, -0.2) is 16.5 Å². The van der Waals surface area contributed by atoms with E-state index in [1.54, 1.807) is 0 Å². The molecule has 0 aromatic carbocycles. The van der Waals surface area contributed by atoms with Crippen molar-refractivity contribution in [2.24, 2.45) is 0 Å². The first kappa shape index (κ1) is 8.93. The van der Waals surface area contributed by atoms with E-state index in [0.717, 1.165) is 12.2 Å². The Hall–Kier alpha value is -1.16. The van der Waals surface area contributed by atoms with Crippen molar-refractivity contribution in [1.29, 1.82) is 0 Å². The van der Waals surface area contributed by atoms with E-state index in [1.807, 2.05) is 13.8 Å². The van der Waals surface area contributed by atoms with Gasteiger partial charge < -0.3 is 10.3 Å². The molecule has 0 aliphatic heterocycles. The topological polar surface area (TPSA) is 57.8 Å². The van der Waals surface area contributed by atoms with Crippen molar-refractivity contribution < 1.29 is 0 Å². The van der Waals surface area contributed by atoms with Crippen LogP contribution in [0.2, 0.25) is 0 Å². The molecule has 0 amide bonds. The van der Waals surface area contributed by atoms with E-state index in [2.05, 4.69) is 15.3 Å². The molecule has 4 heteroatoms. The molecule has 1 heterocycles. The molecular formula is C8H13N3O. The zero-order chi connectivity index (χ0) is 8.97. The summed E-state index contributed by atoms with van der Waals surface area (Å²) in [4.78, 5) is 17.8. The maximum Gasteiger partial charge on any atom is 0.251 e. The van der Waals surface area contributed by atoms with E-state index in [4.69, 9.17) is 0 Å². The van der Waals surface area contributed by atoms with E-state index < -0.39 is 0 Å². The van der Waals surface area contributed by atoms with Crippen molar-refractivity contribution in [3.8, 4) is 0 Å². The van der Waals surface area contributed by atoms with E-state index in [-0.39, 0.29) is 5.56 Å². The van der Waals surface area contributed by atoms with Crippen LogP contribution in [0, 0.1) is 6.92 Å². The molecule has 0 bridgehead atoms. The highest BCUT2D eigenvalue weighted by atomic mass is 16.1. The Labute approximate surface area is 71.0 Å². The number of nitrogens with one attached hydrogen (secondary N) is 2. The summed E-state index contributed by atoms with van der Waals surface area (Å²) in [6.45, 7) is 5.31. The lowest BCUT2D eigenvalue weighted by molar-refractivity contribution is 0.684. The van der Waals surface area contributed by atoms with Crippen LogP contribution in [0.1, 0.15) is 18.4 Å². The largest absolute Gasteiger partial charge is 0.310 e. The number of rotatable bonds is 3. The maximum atomic E-state index is 11.0. The highest BCUT2D eigenvalue weighted by Gasteiger charge is 1.95. The Morgan fingerprint density at radius 3 is 3.00 bits per heavy atom. The summed E-state index contributed by atoms with van der Waals surface area (Å²) in [7, 11) is 0. The van der Waals surface area contributed by atoms with Gasteiger partial charge in [-0.3, -0.25) is 4.79 Å². The van der Waals surface area contributed by atoms with Crippen molar-refractivity contribution in [3.05, 3.63) is 27.9 Å². The van der Waals surface area contributed by atoms with Crippen LogP contribution in [0.15, 0.2) is 10.9 Å². The number of aromatic nitrogens is 2. The van der Waals surface area contributed by atoms with Gasteiger partial charge in [0, 0.05) is 11.8 Å². The Bertz CT molecular complexity index is 305. The van der Waals surface area contributed by atoms with Gasteiger partial charge in [-0.1, -0.05) is 6.92 Å². The summed E-state index contributed by atoms with van der Waals surface area (Å²) in [6, 6.07) is 1.48. The van der Waals surface area contributed by atoms with E-state index >= 15 is 0 Å². The van der Waals surface area contributed by atoms with Crippen molar-refractivity contribution >= 4 is 0 Å². The fourth-order valence-electron chi connectivity index (χ4n) is 0.968. The average molecular weight is 167 g/mol. The van der Waals surface area contributed by atoms with Gasteiger partial charge in [0.2, 0.25) is 0 Å². The molecule has 4 nitrogen and oxygen atoms in total. The van der Waals surface area contributed by atoms with Gasteiger partial charge in [-0.2, -0.15) is 0 Å². The third-order valence-electron chi connectivity index (χ3n) is 1.46. The molecule has 0 radical (unpaired) electrons. The second-order valence-corrected chi connectivity index (χ2v) is 2.61. The van der Waals surface area contributed by atoms with Crippen LogP contribution < -0.4 is 10.9 Å². The van der Waals surface area contributed by atoms with Gasteiger partial charge in [0.15, 0.2) is 0 Å². The molecule has 0 unspecified atom stereocenters. The summed E-state index contributed by atoms with van der Waals surface area (Å²) in [5, 5.41) is 3.09. The standard InChI is InChI=1S/C8H13N3O/c1-3-9-5-7-10-6(2)4-8(12)11-7/h4,9H,3,5H2,1-2H3,(H,10,11,12). The molecule has 0 saturated carbocycles. The van der Waals surface area contributed by atoms with Crippen LogP contribution in [0.4, 0.5) is 0 Å².